The zero-order valence-electron chi connectivity index (χ0n) is 18.6. The molecule has 2 aliphatic carbocycles. The number of hydrogen-bond acceptors (Lipinski definition) is 0. The second kappa shape index (κ2) is 7.95. The summed E-state index contributed by atoms with van der Waals surface area (Å²) in [6, 6.07) is 33.9. The van der Waals surface area contributed by atoms with E-state index in [0.29, 0.717) is 5.92 Å². The lowest BCUT2D eigenvalue weighted by molar-refractivity contribution is 0.615. The van der Waals surface area contributed by atoms with E-state index in [1.807, 2.05) is 0 Å². The Balaban J connectivity index is 1.60. The SMILES string of the molecule is Cc1ccc(C2=c3c(ccc4c3=CCc3ccccc3-4)C(Cc3ccccc3)CC2)cc1. The molecule has 0 fully saturated rings. The van der Waals surface area contributed by atoms with Gasteiger partial charge in [-0.3, -0.25) is 0 Å². The molecule has 1 unspecified atom stereocenters. The molecule has 0 nitrogen and oxygen atoms in total. The number of benzene rings is 4. The van der Waals surface area contributed by atoms with E-state index in [-0.39, 0.29) is 0 Å². The molecule has 1 atom stereocenters. The summed E-state index contributed by atoms with van der Waals surface area (Å²) in [6.07, 6.45) is 6.96. The summed E-state index contributed by atoms with van der Waals surface area (Å²) in [7, 11) is 0. The van der Waals surface area contributed by atoms with Gasteiger partial charge in [0.1, 0.15) is 0 Å². The molecule has 0 bridgehead atoms. The van der Waals surface area contributed by atoms with Crippen LogP contribution in [-0.4, -0.2) is 0 Å². The molecule has 0 heterocycles. The van der Waals surface area contributed by atoms with Crippen LogP contribution < -0.4 is 10.4 Å². The Morgan fingerprint density at radius 2 is 1.53 bits per heavy atom. The highest BCUT2D eigenvalue weighted by Crippen LogP contribution is 2.34. The van der Waals surface area contributed by atoms with E-state index in [9.17, 15) is 0 Å². The fraction of sp³-hybridized carbons (Fsp3) is 0.188. The molecule has 0 radical (unpaired) electrons. The van der Waals surface area contributed by atoms with Gasteiger partial charge in [0.2, 0.25) is 0 Å². The van der Waals surface area contributed by atoms with E-state index in [0.717, 1.165) is 19.3 Å². The summed E-state index contributed by atoms with van der Waals surface area (Å²) in [5, 5.41) is 2.96. The third kappa shape index (κ3) is 3.31. The van der Waals surface area contributed by atoms with Crippen LogP contribution in [0.25, 0.3) is 22.8 Å². The number of aryl methyl sites for hydroxylation is 1. The minimum absolute atomic E-state index is 0.567. The minimum atomic E-state index is 0.567. The second-order valence-corrected chi connectivity index (χ2v) is 9.33. The van der Waals surface area contributed by atoms with Crippen LogP contribution in [0.15, 0.2) is 91.0 Å². The third-order valence-electron chi connectivity index (χ3n) is 7.32. The van der Waals surface area contributed by atoms with E-state index in [4.69, 9.17) is 0 Å². The third-order valence-corrected chi connectivity index (χ3v) is 7.32. The predicted molar refractivity (Wildman–Crippen MR) is 135 cm³/mol. The number of hydrogen-bond donors (Lipinski definition) is 0. The topological polar surface area (TPSA) is 0 Å². The zero-order valence-corrected chi connectivity index (χ0v) is 18.6. The maximum atomic E-state index is 2.48. The number of rotatable bonds is 3. The fourth-order valence-electron chi connectivity index (χ4n) is 5.69. The molecule has 156 valence electrons. The van der Waals surface area contributed by atoms with Crippen LogP contribution in [0, 0.1) is 6.92 Å². The van der Waals surface area contributed by atoms with Crippen LogP contribution in [0.2, 0.25) is 0 Å². The lowest BCUT2D eigenvalue weighted by Crippen LogP contribution is -2.38. The largest absolute Gasteiger partial charge is 0.0716 e. The summed E-state index contributed by atoms with van der Waals surface area (Å²) < 4.78 is 0. The van der Waals surface area contributed by atoms with Crippen molar-refractivity contribution in [3.63, 3.8) is 0 Å². The van der Waals surface area contributed by atoms with Crippen LogP contribution in [0.5, 0.6) is 0 Å². The summed E-state index contributed by atoms with van der Waals surface area (Å²) >= 11 is 0. The van der Waals surface area contributed by atoms with Crippen LogP contribution >= 0.6 is 0 Å². The molecule has 0 aromatic heterocycles. The summed E-state index contributed by atoms with van der Waals surface area (Å²) in [5.74, 6) is 0.567. The van der Waals surface area contributed by atoms with Gasteiger partial charge < -0.3 is 0 Å². The molecular weight excluding hydrogens is 384 g/mol. The Labute approximate surface area is 190 Å². The van der Waals surface area contributed by atoms with Crippen molar-refractivity contribution in [2.75, 3.05) is 0 Å². The van der Waals surface area contributed by atoms with Crippen molar-refractivity contribution in [3.05, 3.63) is 129 Å². The molecule has 0 heteroatoms. The first-order chi connectivity index (χ1) is 15.8. The molecule has 0 N–H and O–H groups in total. The summed E-state index contributed by atoms with van der Waals surface area (Å²) in [5.41, 5.74) is 11.4. The van der Waals surface area contributed by atoms with E-state index < -0.39 is 0 Å². The Morgan fingerprint density at radius 1 is 0.750 bits per heavy atom. The number of fused-ring (bicyclic) bond motifs is 5. The van der Waals surface area contributed by atoms with E-state index in [1.165, 1.54) is 61.4 Å². The predicted octanol–water partition coefficient (Wildman–Crippen LogP) is 6.32. The first-order valence-electron chi connectivity index (χ1n) is 11.8. The quantitative estimate of drug-likeness (QED) is 0.369. The van der Waals surface area contributed by atoms with Crippen molar-refractivity contribution < 1.29 is 0 Å². The van der Waals surface area contributed by atoms with E-state index >= 15 is 0 Å². The first kappa shape index (κ1) is 19.3. The van der Waals surface area contributed by atoms with E-state index in [1.54, 1.807) is 0 Å². The van der Waals surface area contributed by atoms with Crippen LogP contribution in [0.3, 0.4) is 0 Å². The lowest BCUT2D eigenvalue weighted by Gasteiger charge is -2.28. The van der Waals surface area contributed by atoms with Gasteiger partial charge in [0, 0.05) is 0 Å². The molecule has 0 saturated heterocycles. The van der Waals surface area contributed by atoms with Crippen molar-refractivity contribution in [1.82, 2.24) is 0 Å². The van der Waals surface area contributed by atoms with Gasteiger partial charge in [-0.05, 0) is 87.9 Å². The minimum Gasteiger partial charge on any atom is -0.0716 e. The molecule has 6 rings (SSSR count). The maximum Gasteiger partial charge on any atom is -0.00818 e. The fourth-order valence-corrected chi connectivity index (χ4v) is 5.69. The smallest absolute Gasteiger partial charge is 0.00818 e. The van der Waals surface area contributed by atoms with Crippen molar-refractivity contribution in [3.8, 4) is 11.1 Å². The van der Waals surface area contributed by atoms with Gasteiger partial charge in [-0.15, -0.1) is 0 Å². The maximum absolute atomic E-state index is 2.48. The normalized spacial score (nSPS) is 16.5. The Morgan fingerprint density at radius 3 is 2.38 bits per heavy atom. The van der Waals surface area contributed by atoms with Gasteiger partial charge >= 0.3 is 0 Å². The van der Waals surface area contributed by atoms with Crippen molar-refractivity contribution in [1.29, 1.82) is 0 Å². The monoisotopic (exact) mass is 412 g/mol. The lowest BCUT2D eigenvalue weighted by atomic mass is 9.76. The molecule has 0 spiro atoms. The van der Waals surface area contributed by atoms with Crippen molar-refractivity contribution in [2.45, 2.75) is 38.5 Å². The van der Waals surface area contributed by atoms with Gasteiger partial charge in [-0.1, -0.05) is 103 Å². The van der Waals surface area contributed by atoms with E-state index in [2.05, 4.69) is 104 Å². The van der Waals surface area contributed by atoms with Gasteiger partial charge in [0.05, 0.1) is 0 Å². The van der Waals surface area contributed by atoms with Gasteiger partial charge in [0.25, 0.3) is 0 Å². The molecule has 2 aliphatic rings. The highest BCUT2D eigenvalue weighted by atomic mass is 14.3. The highest BCUT2D eigenvalue weighted by molar-refractivity contribution is 5.77. The summed E-state index contributed by atoms with van der Waals surface area (Å²) in [4.78, 5) is 0. The molecule has 32 heavy (non-hydrogen) atoms. The second-order valence-electron chi connectivity index (χ2n) is 9.33. The van der Waals surface area contributed by atoms with Crippen LogP contribution in [0.1, 0.15) is 46.6 Å². The van der Waals surface area contributed by atoms with Crippen molar-refractivity contribution in [2.24, 2.45) is 0 Å². The van der Waals surface area contributed by atoms with Crippen LogP contribution in [0.4, 0.5) is 0 Å². The van der Waals surface area contributed by atoms with Gasteiger partial charge in [-0.2, -0.15) is 0 Å². The highest BCUT2D eigenvalue weighted by Gasteiger charge is 2.24. The summed E-state index contributed by atoms with van der Waals surface area (Å²) in [6.45, 7) is 2.17. The Hall–Kier alpha value is -3.38. The van der Waals surface area contributed by atoms with Crippen LogP contribution in [-0.2, 0) is 12.8 Å². The van der Waals surface area contributed by atoms with Crippen molar-refractivity contribution >= 4 is 11.6 Å². The molecule has 0 amide bonds. The first-order valence-corrected chi connectivity index (χ1v) is 11.8. The molecule has 4 aromatic rings. The standard InChI is InChI=1S/C32H28/c1-22-11-13-25(14-12-22)28-17-16-26(21-23-7-3-2-4-8-23)29-19-20-30-27-10-6-5-9-24(27)15-18-31(30)32(28)29/h2-14,18-20,26H,15-17,21H2,1H3. The van der Waals surface area contributed by atoms with Gasteiger partial charge in [0.15, 0.2) is 0 Å². The zero-order chi connectivity index (χ0) is 21.5. The molecule has 4 aromatic carbocycles. The molecule has 0 saturated carbocycles. The van der Waals surface area contributed by atoms with Gasteiger partial charge in [-0.25, -0.2) is 0 Å². The Kier molecular flexibility index (Phi) is 4.80. The average molecular weight is 413 g/mol. The molecule has 0 aliphatic heterocycles. The average Bonchev–Trinajstić information content (AvgIpc) is 2.85. The molecular formula is C32H28. The Bertz CT molecular complexity index is 1410.